The largest absolute Gasteiger partial charge is 0.423 e. The highest BCUT2D eigenvalue weighted by Crippen LogP contribution is 2.08. The molecule has 0 atom stereocenters. The normalized spacial score (nSPS) is 20.9. The molecule has 0 saturated heterocycles. The molecule has 1 aliphatic heterocycles. The standard InChI is InChI=1S/C7H5ClO2/c8-5-1-2-6-3-4-7(9)10-6/h1-5H/b5-1+,6-2-. The molecule has 1 heterocycles. The second kappa shape index (κ2) is 3.22. The number of hydrogen-bond acceptors (Lipinski definition) is 2. The maximum absolute atomic E-state index is 10.4. The van der Waals surface area contributed by atoms with Crippen LogP contribution in [0.3, 0.4) is 0 Å². The molecule has 0 spiro atoms. The Morgan fingerprint density at radius 2 is 2.30 bits per heavy atom. The molecule has 0 saturated carbocycles. The number of hydrogen-bond donors (Lipinski definition) is 0. The average molecular weight is 157 g/mol. The predicted molar refractivity (Wildman–Crippen MR) is 38.3 cm³/mol. The van der Waals surface area contributed by atoms with E-state index in [-0.39, 0.29) is 5.97 Å². The van der Waals surface area contributed by atoms with Crippen LogP contribution < -0.4 is 0 Å². The van der Waals surface area contributed by atoms with Crippen molar-refractivity contribution in [3.63, 3.8) is 0 Å². The van der Waals surface area contributed by atoms with Crippen LogP contribution >= 0.6 is 11.6 Å². The van der Waals surface area contributed by atoms with E-state index < -0.39 is 0 Å². The zero-order chi connectivity index (χ0) is 7.40. The van der Waals surface area contributed by atoms with E-state index in [1.165, 1.54) is 11.6 Å². The molecule has 10 heavy (non-hydrogen) atoms. The van der Waals surface area contributed by atoms with Gasteiger partial charge in [-0.3, -0.25) is 0 Å². The third kappa shape index (κ3) is 1.74. The molecule has 0 bridgehead atoms. The van der Waals surface area contributed by atoms with Crippen LogP contribution in [0.15, 0.2) is 35.6 Å². The van der Waals surface area contributed by atoms with Crippen LogP contribution in [0, 0.1) is 0 Å². The molecule has 0 fully saturated rings. The summed E-state index contributed by atoms with van der Waals surface area (Å²) in [6.07, 6.45) is 6.13. The number of ether oxygens (including phenoxy) is 1. The number of rotatable bonds is 1. The van der Waals surface area contributed by atoms with E-state index >= 15 is 0 Å². The van der Waals surface area contributed by atoms with Crippen molar-refractivity contribution < 1.29 is 9.53 Å². The summed E-state index contributed by atoms with van der Waals surface area (Å²) in [5, 5.41) is 0. The minimum Gasteiger partial charge on any atom is -0.423 e. The Kier molecular flexibility index (Phi) is 2.29. The van der Waals surface area contributed by atoms with Gasteiger partial charge in [0.25, 0.3) is 0 Å². The summed E-state index contributed by atoms with van der Waals surface area (Å²) in [7, 11) is 0. The molecular formula is C7H5ClO2. The second-order valence-corrected chi connectivity index (χ2v) is 1.89. The zero-order valence-electron chi connectivity index (χ0n) is 5.08. The van der Waals surface area contributed by atoms with Crippen LogP contribution in [0.4, 0.5) is 0 Å². The van der Waals surface area contributed by atoms with Crippen LogP contribution in [-0.2, 0) is 9.53 Å². The monoisotopic (exact) mass is 156 g/mol. The van der Waals surface area contributed by atoms with Crippen LogP contribution in [0.5, 0.6) is 0 Å². The summed E-state index contributed by atoms with van der Waals surface area (Å²) in [5.41, 5.74) is 1.34. The molecule has 1 aliphatic rings. The SMILES string of the molecule is O=C1C=C/C(=C/C=C/Cl)O1. The average Bonchev–Trinajstić information content (AvgIpc) is 2.31. The Morgan fingerprint density at radius 3 is 2.80 bits per heavy atom. The van der Waals surface area contributed by atoms with E-state index in [1.807, 2.05) is 0 Å². The zero-order valence-corrected chi connectivity index (χ0v) is 5.84. The second-order valence-electron chi connectivity index (χ2n) is 1.64. The van der Waals surface area contributed by atoms with Crippen molar-refractivity contribution in [1.82, 2.24) is 0 Å². The first-order valence-electron chi connectivity index (χ1n) is 2.70. The first kappa shape index (κ1) is 7.09. The summed E-state index contributed by atoms with van der Waals surface area (Å²) in [5.74, 6) is 0.177. The third-order valence-corrected chi connectivity index (χ3v) is 1.08. The van der Waals surface area contributed by atoms with E-state index in [4.69, 9.17) is 11.6 Å². The van der Waals surface area contributed by atoms with Crippen molar-refractivity contribution in [3.8, 4) is 0 Å². The molecular weight excluding hydrogens is 152 g/mol. The van der Waals surface area contributed by atoms with Crippen molar-refractivity contribution in [1.29, 1.82) is 0 Å². The van der Waals surface area contributed by atoms with E-state index in [0.717, 1.165) is 0 Å². The molecule has 0 aromatic heterocycles. The number of cyclic esters (lactones) is 1. The first-order chi connectivity index (χ1) is 4.83. The van der Waals surface area contributed by atoms with Crippen LogP contribution in [0.1, 0.15) is 0 Å². The molecule has 0 amide bonds. The topological polar surface area (TPSA) is 26.3 Å². The van der Waals surface area contributed by atoms with Gasteiger partial charge < -0.3 is 4.74 Å². The van der Waals surface area contributed by atoms with Gasteiger partial charge in [-0.1, -0.05) is 11.6 Å². The van der Waals surface area contributed by atoms with Gasteiger partial charge in [-0.15, -0.1) is 0 Å². The maximum atomic E-state index is 10.4. The molecule has 0 unspecified atom stereocenters. The van der Waals surface area contributed by atoms with E-state index in [0.29, 0.717) is 5.76 Å². The van der Waals surface area contributed by atoms with Crippen molar-refractivity contribution in [2.75, 3.05) is 0 Å². The molecule has 52 valence electrons. The van der Waals surface area contributed by atoms with Crippen molar-refractivity contribution >= 4 is 17.6 Å². The highest BCUT2D eigenvalue weighted by atomic mass is 35.5. The Hall–Kier alpha value is -1.02. The minimum atomic E-state index is -0.339. The number of carbonyl (C=O) groups excluding carboxylic acids is 1. The maximum Gasteiger partial charge on any atom is 0.336 e. The van der Waals surface area contributed by atoms with Crippen LogP contribution in [0.2, 0.25) is 0 Å². The summed E-state index contributed by atoms with van der Waals surface area (Å²) >= 11 is 5.23. The number of halogens is 1. The number of allylic oxidation sites excluding steroid dienone is 3. The predicted octanol–water partition coefficient (Wildman–Crippen LogP) is 1.74. The Morgan fingerprint density at radius 1 is 1.50 bits per heavy atom. The molecule has 0 N–H and O–H groups in total. The molecule has 0 aromatic rings. The summed E-state index contributed by atoms with van der Waals surface area (Å²) in [6, 6.07) is 0. The fourth-order valence-corrected chi connectivity index (χ4v) is 0.628. The molecule has 1 rings (SSSR count). The van der Waals surface area contributed by atoms with Gasteiger partial charge in [0, 0.05) is 11.6 Å². The number of esters is 1. The van der Waals surface area contributed by atoms with Gasteiger partial charge in [-0.25, -0.2) is 4.79 Å². The van der Waals surface area contributed by atoms with Crippen molar-refractivity contribution in [2.24, 2.45) is 0 Å². The Bertz CT molecular complexity index is 226. The molecule has 0 aromatic carbocycles. The van der Waals surface area contributed by atoms with E-state index in [2.05, 4.69) is 4.74 Å². The molecule has 2 nitrogen and oxygen atoms in total. The highest BCUT2D eigenvalue weighted by Gasteiger charge is 2.06. The van der Waals surface area contributed by atoms with E-state index in [9.17, 15) is 4.79 Å². The van der Waals surface area contributed by atoms with Gasteiger partial charge in [-0.2, -0.15) is 0 Å². The number of carbonyl (C=O) groups is 1. The van der Waals surface area contributed by atoms with Crippen molar-refractivity contribution in [2.45, 2.75) is 0 Å². The Balaban J connectivity index is 2.61. The van der Waals surface area contributed by atoms with Gasteiger partial charge in [0.2, 0.25) is 0 Å². The lowest BCUT2D eigenvalue weighted by atomic mass is 10.4. The van der Waals surface area contributed by atoms with Gasteiger partial charge in [0.15, 0.2) is 0 Å². The van der Waals surface area contributed by atoms with Crippen LogP contribution in [-0.4, -0.2) is 5.97 Å². The van der Waals surface area contributed by atoms with Gasteiger partial charge in [0.05, 0.1) is 0 Å². The molecule has 3 heteroatoms. The quantitative estimate of drug-likeness (QED) is 0.541. The lowest BCUT2D eigenvalue weighted by Gasteiger charge is -1.90. The fraction of sp³-hybridized carbons (Fsp3) is 0. The Labute approximate surface area is 63.4 Å². The summed E-state index contributed by atoms with van der Waals surface area (Å²) in [6.45, 7) is 0. The van der Waals surface area contributed by atoms with Gasteiger partial charge in [-0.05, 0) is 18.2 Å². The van der Waals surface area contributed by atoms with E-state index in [1.54, 1.807) is 18.2 Å². The molecule has 0 radical (unpaired) electrons. The van der Waals surface area contributed by atoms with Gasteiger partial charge in [0.1, 0.15) is 5.76 Å². The third-order valence-electron chi connectivity index (χ3n) is 0.935. The first-order valence-corrected chi connectivity index (χ1v) is 3.13. The summed E-state index contributed by atoms with van der Waals surface area (Å²) in [4.78, 5) is 10.4. The lowest BCUT2D eigenvalue weighted by molar-refractivity contribution is -0.132. The smallest absolute Gasteiger partial charge is 0.336 e. The summed E-state index contributed by atoms with van der Waals surface area (Å²) < 4.78 is 4.66. The molecule has 0 aliphatic carbocycles. The highest BCUT2D eigenvalue weighted by molar-refractivity contribution is 6.25. The minimum absolute atomic E-state index is 0.339. The fourth-order valence-electron chi connectivity index (χ4n) is 0.555. The lowest BCUT2D eigenvalue weighted by Crippen LogP contribution is -1.89. The van der Waals surface area contributed by atoms with Crippen LogP contribution in [0.25, 0.3) is 0 Å². The van der Waals surface area contributed by atoms with Gasteiger partial charge >= 0.3 is 5.97 Å². The van der Waals surface area contributed by atoms with Crippen molar-refractivity contribution in [3.05, 3.63) is 35.6 Å².